The largest absolute Gasteiger partial charge is 0.175 e. The lowest BCUT2D eigenvalue weighted by atomic mass is 9.81. The van der Waals surface area contributed by atoms with Gasteiger partial charge in [-0.25, -0.2) is 0 Å². The molecule has 0 amide bonds. The van der Waals surface area contributed by atoms with Crippen LogP contribution >= 0.6 is 12.6 Å². The van der Waals surface area contributed by atoms with Gasteiger partial charge in [0.05, 0.1) is 0 Å². The summed E-state index contributed by atoms with van der Waals surface area (Å²) in [6.45, 7) is 9.03. The van der Waals surface area contributed by atoms with Crippen molar-refractivity contribution in [3.63, 3.8) is 0 Å². The van der Waals surface area contributed by atoms with E-state index in [1.54, 1.807) is 0 Å². The van der Waals surface area contributed by atoms with Gasteiger partial charge in [0, 0.05) is 5.75 Å². The monoisotopic (exact) mass is 172 g/mol. The third kappa shape index (κ3) is 3.85. The first kappa shape index (κ1) is 11.1. The van der Waals surface area contributed by atoms with E-state index in [4.69, 9.17) is 0 Å². The molecule has 0 N–H and O–H groups in total. The van der Waals surface area contributed by atoms with Gasteiger partial charge in [-0.1, -0.05) is 38.8 Å². The Morgan fingerprint density at radius 1 is 1.45 bits per heavy atom. The van der Waals surface area contributed by atoms with Gasteiger partial charge in [0.15, 0.2) is 0 Å². The van der Waals surface area contributed by atoms with E-state index >= 15 is 0 Å². The number of hydrogen-bond donors (Lipinski definition) is 1. The minimum atomic E-state index is 0.372. The van der Waals surface area contributed by atoms with Crippen molar-refractivity contribution in [3.8, 4) is 0 Å². The molecule has 0 unspecified atom stereocenters. The van der Waals surface area contributed by atoms with Gasteiger partial charge in [-0.2, -0.15) is 12.6 Å². The zero-order valence-electron chi connectivity index (χ0n) is 8.15. The van der Waals surface area contributed by atoms with Crippen LogP contribution in [0.15, 0.2) is 11.6 Å². The minimum absolute atomic E-state index is 0.372. The molecule has 0 aliphatic rings. The maximum Gasteiger partial charge on any atom is 0.00852 e. The molecule has 0 aliphatic carbocycles. The van der Waals surface area contributed by atoms with Crippen molar-refractivity contribution in [1.29, 1.82) is 0 Å². The second kappa shape index (κ2) is 4.87. The summed E-state index contributed by atoms with van der Waals surface area (Å²) in [6, 6.07) is 0. The summed E-state index contributed by atoms with van der Waals surface area (Å²) < 4.78 is 0. The molecular formula is C10H20S. The van der Waals surface area contributed by atoms with Crippen molar-refractivity contribution < 1.29 is 0 Å². The predicted octanol–water partition coefficient (Wildman–Crippen LogP) is 3.69. The molecule has 0 saturated heterocycles. The highest BCUT2D eigenvalue weighted by Gasteiger charge is 2.17. The summed E-state index contributed by atoms with van der Waals surface area (Å²) in [5.41, 5.74) is 1.84. The first-order valence-electron chi connectivity index (χ1n) is 4.32. The fourth-order valence-electron chi connectivity index (χ4n) is 1.24. The van der Waals surface area contributed by atoms with Crippen LogP contribution < -0.4 is 0 Å². The van der Waals surface area contributed by atoms with Crippen LogP contribution in [0.1, 0.15) is 40.5 Å². The number of rotatable bonds is 4. The molecule has 0 aromatic rings. The third-order valence-electron chi connectivity index (χ3n) is 2.34. The van der Waals surface area contributed by atoms with Crippen LogP contribution in [0, 0.1) is 5.41 Å². The van der Waals surface area contributed by atoms with Crippen molar-refractivity contribution in [3.05, 3.63) is 11.6 Å². The van der Waals surface area contributed by atoms with Gasteiger partial charge >= 0.3 is 0 Å². The molecule has 0 fully saturated rings. The van der Waals surface area contributed by atoms with Crippen LogP contribution in [0.4, 0.5) is 0 Å². The third-order valence-corrected chi connectivity index (χ3v) is 2.52. The summed E-state index contributed by atoms with van der Waals surface area (Å²) in [5.74, 6) is 0.860. The molecule has 66 valence electrons. The predicted molar refractivity (Wildman–Crippen MR) is 56.3 cm³/mol. The van der Waals surface area contributed by atoms with Crippen LogP contribution in [0.3, 0.4) is 0 Å². The lowest BCUT2D eigenvalue weighted by molar-refractivity contribution is 0.402. The van der Waals surface area contributed by atoms with Crippen molar-refractivity contribution in [1.82, 2.24) is 0 Å². The lowest BCUT2D eigenvalue weighted by Gasteiger charge is -2.25. The van der Waals surface area contributed by atoms with E-state index < -0.39 is 0 Å². The molecule has 0 rings (SSSR count). The molecule has 0 aromatic carbocycles. The average molecular weight is 172 g/mol. The van der Waals surface area contributed by atoms with Gasteiger partial charge < -0.3 is 0 Å². The second-order valence-electron chi connectivity index (χ2n) is 3.70. The minimum Gasteiger partial charge on any atom is -0.175 e. The number of allylic oxidation sites excluding steroid dienone is 1. The number of hydrogen-bond acceptors (Lipinski definition) is 1. The van der Waals surface area contributed by atoms with Crippen LogP contribution in [-0.4, -0.2) is 5.75 Å². The van der Waals surface area contributed by atoms with E-state index in [1.165, 1.54) is 18.4 Å². The van der Waals surface area contributed by atoms with E-state index in [0.717, 1.165) is 5.75 Å². The molecule has 0 heterocycles. The molecule has 0 nitrogen and oxygen atoms in total. The zero-order chi connectivity index (χ0) is 8.91. The Hall–Kier alpha value is 0.0900. The lowest BCUT2D eigenvalue weighted by Crippen LogP contribution is -2.12. The van der Waals surface area contributed by atoms with Crippen molar-refractivity contribution in [2.75, 3.05) is 5.75 Å². The Labute approximate surface area is 76.5 Å². The normalized spacial score (nSPS) is 13.7. The summed E-state index contributed by atoms with van der Waals surface area (Å²) in [6.07, 6.45) is 4.73. The molecule has 0 aromatic heterocycles. The Kier molecular flexibility index (Phi) is 4.91. The van der Waals surface area contributed by atoms with Crippen LogP contribution in [0.25, 0.3) is 0 Å². The second-order valence-corrected chi connectivity index (χ2v) is 4.07. The molecule has 0 bridgehead atoms. The first-order valence-corrected chi connectivity index (χ1v) is 4.96. The van der Waals surface area contributed by atoms with Gasteiger partial charge in [0.1, 0.15) is 0 Å². The summed E-state index contributed by atoms with van der Waals surface area (Å²) >= 11 is 4.18. The molecule has 0 aliphatic heterocycles. The van der Waals surface area contributed by atoms with Crippen LogP contribution in [0.2, 0.25) is 0 Å². The summed E-state index contributed by atoms with van der Waals surface area (Å²) in [7, 11) is 0. The SMILES string of the molecule is CCCC(C)(C)/C(C)=C\CS. The topological polar surface area (TPSA) is 0 Å². The van der Waals surface area contributed by atoms with Gasteiger partial charge in [-0.15, -0.1) is 0 Å². The van der Waals surface area contributed by atoms with Crippen molar-refractivity contribution >= 4 is 12.6 Å². The zero-order valence-corrected chi connectivity index (χ0v) is 9.04. The van der Waals surface area contributed by atoms with E-state index in [-0.39, 0.29) is 0 Å². The van der Waals surface area contributed by atoms with Gasteiger partial charge in [-0.3, -0.25) is 0 Å². The van der Waals surface area contributed by atoms with E-state index in [2.05, 4.69) is 46.4 Å². The maximum absolute atomic E-state index is 4.18. The van der Waals surface area contributed by atoms with E-state index in [0.29, 0.717) is 5.41 Å². The quantitative estimate of drug-likeness (QED) is 0.485. The van der Waals surface area contributed by atoms with Gasteiger partial charge in [0.2, 0.25) is 0 Å². The standard InChI is InChI=1S/C10H20S/c1-5-7-10(3,4)9(2)6-8-11/h6,11H,5,7-8H2,1-4H3/b9-6-. The first-order chi connectivity index (χ1) is 5.04. The van der Waals surface area contributed by atoms with Crippen molar-refractivity contribution in [2.24, 2.45) is 5.41 Å². The Balaban J connectivity index is 4.16. The van der Waals surface area contributed by atoms with E-state index in [9.17, 15) is 0 Å². The highest BCUT2D eigenvalue weighted by Crippen LogP contribution is 2.30. The molecular weight excluding hydrogens is 152 g/mol. The summed E-state index contributed by atoms with van der Waals surface area (Å²) in [5, 5.41) is 0. The Morgan fingerprint density at radius 2 is 2.00 bits per heavy atom. The molecule has 0 saturated carbocycles. The molecule has 1 heteroatoms. The fourth-order valence-corrected chi connectivity index (χ4v) is 1.51. The number of thiol groups is 1. The van der Waals surface area contributed by atoms with Gasteiger partial charge in [0.25, 0.3) is 0 Å². The fraction of sp³-hybridized carbons (Fsp3) is 0.800. The maximum atomic E-state index is 4.18. The summed E-state index contributed by atoms with van der Waals surface area (Å²) in [4.78, 5) is 0. The molecule has 0 spiro atoms. The van der Waals surface area contributed by atoms with Gasteiger partial charge in [-0.05, 0) is 18.8 Å². The highest BCUT2D eigenvalue weighted by molar-refractivity contribution is 7.80. The smallest absolute Gasteiger partial charge is 0.00852 e. The van der Waals surface area contributed by atoms with E-state index in [1.807, 2.05) is 0 Å². The molecule has 0 atom stereocenters. The average Bonchev–Trinajstić information content (AvgIpc) is 1.88. The van der Waals surface area contributed by atoms with Crippen molar-refractivity contribution in [2.45, 2.75) is 40.5 Å². The van der Waals surface area contributed by atoms with Crippen LogP contribution in [0.5, 0.6) is 0 Å². The van der Waals surface area contributed by atoms with Crippen LogP contribution in [-0.2, 0) is 0 Å². The molecule has 11 heavy (non-hydrogen) atoms. The Bertz CT molecular complexity index is 134. The Morgan fingerprint density at radius 3 is 2.36 bits per heavy atom. The highest BCUT2D eigenvalue weighted by atomic mass is 32.1. The molecule has 0 radical (unpaired) electrons.